The highest BCUT2D eigenvalue weighted by atomic mass is 32.1. The molecule has 1 atom stereocenters. The average molecular weight is 256 g/mol. The first-order valence-electron chi connectivity index (χ1n) is 5.87. The molecule has 0 aliphatic rings. The van der Waals surface area contributed by atoms with Crippen LogP contribution in [0.3, 0.4) is 0 Å². The molecule has 0 spiro atoms. The number of carbonyl (C=O) groups excluding carboxylic acids is 1. The number of hydrogen-bond donors (Lipinski definition) is 1. The number of aryl methyl sites for hydroxylation is 2. The van der Waals surface area contributed by atoms with Gasteiger partial charge >= 0.3 is 5.97 Å². The second-order valence-corrected chi connectivity index (χ2v) is 5.31. The van der Waals surface area contributed by atoms with Crippen molar-refractivity contribution in [2.45, 2.75) is 40.2 Å². The molecule has 1 rings (SSSR count). The van der Waals surface area contributed by atoms with Gasteiger partial charge in [0.25, 0.3) is 0 Å². The largest absolute Gasteiger partial charge is 0.466 e. The smallest absolute Gasteiger partial charge is 0.307 e. The first-order valence-corrected chi connectivity index (χ1v) is 6.69. The number of hydrogen-bond acceptors (Lipinski definition) is 5. The summed E-state index contributed by atoms with van der Waals surface area (Å²) in [5.41, 5.74) is 1.08. The standard InChI is InChI=1S/C12H20N2O2S/c1-5-16-11(15)6-7-13-8(2)12-9(3)17-10(4)14-12/h8,13H,5-7H2,1-4H3. The number of aromatic nitrogens is 1. The topological polar surface area (TPSA) is 51.2 Å². The lowest BCUT2D eigenvalue weighted by Gasteiger charge is -2.12. The van der Waals surface area contributed by atoms with Gasteiger partial charge in [-0.15, -0.1) is 11.3 Å². The summed E-state index contributed by atoms with van der Waals surface area (Å²) >= 11 is 1.70. The molecule has 4 nitrogen and oxygen atoms in total. The number of thiazole rings is 1. The van der Waals surface area contributed by atoms with Crippen LogP contribution in [0.1, 0.15) is 41.9 Å². The summed E-state index contributed by atoms with van der Waals surface area (Å²) in [6, 6.07) is 0.175. The molecule has 1 N–H and O–H groups in total. The third kappa shape index (κ3) is 4.44. The maximum absolute atomic E-state index is 11.2. The molecule has 0 fully saturated rings. The van der Waals surface area contributed by atoms with Crippen LogP contribution in [0.25, 0.3) is 0 Å². The fourth-order valence-electron chi connectivity index (χ4n) is 1.67. The van der Waals surface area contributed by atoms with Gasteiger partial charge in [-0.05, 0) is 27.7 Å². The van der Waals surface area contributed by atoms with Gasteiger partial charge in [0.05, 0.1) is 23.7 Å². The van der Waals surface area contributed by atoms with E-state index in [1.54, 1.807) is 11.3 Å². The normalized spacial score (nSPS) is 12.5. The maximum atomic E-state index is 11.2. The number of nitrogens with one attached hydrogen (secondary N) is 1. The van der Waals surface area contributed by atoms with Crippen LogP contribution in [0.2, 0.25) is 0 Å². The van der Waals surface area contributed by atoms with Gasteiger partial charge in [0, 0.05) is 17.5 Å². The lowest BCUT2D eigenvalue weighted by molar-refractivity contribution is -0.143. The Bertz CT molecular complexity index is 377. The first-order chi connectivity index (χ1) is 8.04. The Morgan fingerprint density at radius 3 is 2.76 bits per heavy atom. The zero-order chi connectivity index (χ0) is 12.8. The van der Waals surface area contributed by atoms with Gasteiger partial charge in [0.1, 0.15) is 0 Å². The summed E-state index contributed by atoms with van der Waals surface area (Å²) in [5, 5.41) is 4.37. The Morgan fingerprint density at radius 1 is 1.53 bits per heavy atom. The van der Waals surface area contributed by atoms with Crippen molar-refractivity contribution < 1.29 is 9.53 Å². The number of esters is 1. The first kappa shape index (κ1) is 14.1. The lowest BCUT2D eigenvalue weighted by atomic mass is 10.2. The molecule has 5 heteroatoms. The van der Waals surface area contributed by atoms with E-state index in [9.17, 15) is 4.79 Å². The summed E-state index contributed by atoms with van der Waals surface area (Å²) in [7, 11) is 0. The van der Waals surface area contributed by atoms with E-state index >= 15 is 0 Å². The van der Waals surface area contributed by atoms with Crippen molar-refractivity contribution in [2.75, 3.05) is 13.2 Å². The van der Waals surface area contributed by atoms with E-state index in [2.05, 4.69) is 24.1 Å². The summed E-state index contributed by atoms with van der Waals surface area (Å²) in [6.45, 7) is 9.02. The van der Waals surface area contributed by atoms with Crippen molar-refractivity contribution in [1.82, 2.24) is 10.3 Å². The van der Waals surface area contributed by atoms with Crippen LogP contribution < -0.4 is 5.32 Å². The predicted molar refractivity (Wildman–Crippen MR) is 69.3 cm³/mol. The van der Waals surface area contributed by atoms with Gasteiger partial charge in [0.15, 0.2) is 0 Å². The van der Waals surface area contributed by atoms with E-state index in [0.29, 0.717) is 19.6 Å². The molecule has 0 aliphatic heterocycles. The monoisotopic (exact) mass is 256 g/mol. The summed E-state index contributed by atoms with van der Waals surface area (Å²) < 4.78 is 4.86. The molecule has 0 saturated carbocycles. The Morgan fingerprint density at radius 2 is 2.24 bits per heavy atom. The van der Waals surface area contributed by atoms with Crippen LogP contribution in [0.15, 0.2) is 0 Å². The second-order valence-electron chi connectivity index (χ2n) is 3.91. The van der Waals surface area contributed by atoms with Crippen molar-refractivity contribution in [2.24, 2.45) is 0 Å². The Labute approximate surface area is 106 Å². The number of nitrogens with zero attached hydrogens (tertiary/aromatic N) is 1. The van der Waals surface area contributed by atoms with Crippen molar-refractivity contribution in [3.05, 3.63) is 15.6 Å². The molecule has 0 aromatic carbocycles. The van der Waals surface area contributed by atoms with Crippen LogP contribution in [-0.2, 0) is 9.53 Å². The highest BCUT2D eigenvalue weighted by molar-refractivity contribution is 7.11. The summed E-state index contributed by atoms with van der Waals surface area (Å²) in [5.74, 6) is -0.154. The SMILES string of the molecule is CCOC(=O)CCNC(C)c1nc(C)sc1C. The molecular formula is C12H20N2O2S. The van der Waals surface area contributed by atoms with E-state index in [0.717, 1.165) is 10.7 Å². The van der Waals surface area contributed by atoms with E-state index in [1.807, 2.05) is 13.8 Å². The minimum Gasteiger partial charge on any atom is -0.466 e. The fraction of sp³-hybridized carbons (Fsp3) is 0.667. The van der Waals surface area contributed by atoms with E-state index in [4.69, 9.17) is 4.74 Å². The second kappa shape index (κ2) is 6.71. The van der Waals surface area contributed by atoms with Crippen LogP contribution in [0, 0.1) is 13.8 Å². The van der Waals surface area contributed by atoms with Crippen LogP contribution in [0.5, 0.6) is 0 Å². The Kier molecular flexibility index (Phi) is 5.58. The van der Waals surface area contributed by atoms with Crippen molar-refractivity contribution in [3.8, 4) is 0 Å². The molecule has 96 valence electrons. The van der Waals surface area contributed by atoms with Crippen LogP contribution in [-0.4, -0.2) is 24.1 Å². The fourth-order valence-corrected chi connectivity index (χ4v) is 2.58. The lowest BCUT2D eigenvalue weighted by Crippen LogP contribution is -2.23. The molecule has 0 amide bonds. The molecule has 0 bridgehead atoms. The molecule has 0 saturated heterocycles. The molecule has 1 aromatic heterocycles. The van der Waals surface area contributed by atoms with Crippen molar-refractivity contribution in [3.63, 3.8) is 0 Å². The van der Waals surface area contributed by atoms with Gasteiger partial charge in [-0.25, -0.2) is 4.98 Å². The number of ether oxygens (including phenoxy) is 1. The number of carbonyl (C=O) groups is 1. The molecule has 1 heterocycles. The summed E-state index contributed by atoms with van der Waals surface area (Å²) in [4.78, 5) is 16.9. The van der Waals surface area contributed by atoms with Crippen LogP contribution >= 0.6 is 11.3 Å². The summed E-state index contributed by atoms with van der Waals surface area (Å²) in [6.07, 6.45) is 0.403. The number of rotatable bonds is 6. The van der Waals surface area contributed by atoms with E-state index < -0.39 is 0 Å². The van der Waals surface area contributed by atoms with Gasteiger partial charge in [0.2, 0.25) is 0 Å². The molecule has 1 aromatic rings. The van der Waals surface area contributed by atoms with E-state index in [1.165, 1.54) is 4.88 Å². The molecule has 0 aliphatic carbocycles. The van der Waals surface area contributed by atoms with Crippen molar-refractivity contribution >= 4 is 17.3 Å². The Balaban J connectivity index is 2.37. The van der Waals surface area contributed by atoms with Crippen molar-refractivity contribution in [1.29, 1.82) is 0 Å². The zero-order valence-corrected chi connectivity index (χ0v) is 11.7. The minimum absolute atomic E-state index is 0.154. The third-order valence-corrected chi connectivity index (χ3v) is 3.34. The van der Waals surface area contributed by atoms with Gasteiger partial charge in [-0.1, -0.05) is 0 Å². The molecule has 1 unspecified atom stereocenters. The maximum Gasteiger partial charge on any atom is 0.307 e. The van der Waals surface area contributed by atoms with E-state index in [-0.39, 0.29) is 12.0 Å². The minimum atomic E-state index is -0.154. The molecule has 0 radical (unpaired) electrons. The third-order valence-electron chi connectivity index (χ3n) is 2.43. The molecular weight excluding hydrogens is 236 g/mol. The van der Waals surface area contributed by atoms with Gasteiger partial charge < -0.3 is 10.1 Å². The predicted octanol–water partition coefficient (Wildman–Crippen LogP) is 2.36. The molecule has 17 heavy (non-hydrogen) atoms. The van der Waals surface area contributed by atoms with Gasteiger partial charge in [-0.2, -0.15) is 0 Å². The zero-order valence-electron chi connectivity index (χ0n) is 10.9. The van der Waals surface area contributed by atoms with Gasteiger partial charge in [-0.3, -0.25) is 4.79 Å². The Hall–Kier alpha value is -0.940. The average Bonchev–Trinajstić information content (AvgIpc) is 2.58. The highest BCUT2D eigenvalue weighted by Crippen LogP contribution is 2.22. The van der Waals surface area contributed by atoms with Crippen LogP contribution in [0.4, 0.5) is 0 Å². The quantitative estimate of drug-likeness (QED) is 0.794. The highest BCUT2D eigenvalue weighted by Gasteiger charge is 2.12.